The van der Waals surface area contributed by atoms with Crippen LogP contribution >= 0.6 is 0 Å². The van der Waals surface area contributed by atoms with E-state index in [0.717, 1.165) is 0 Å². The first-order valence-electron chi connectivity index (χ1n) is 15.1. The highest BCUT2D eigenvalue weighted by molar-refractivity contribution is 5.00. The molecule has 8 unspecified atom stereocenters. The van der Waals surface area contributed by atoms with Gasteiger partial charge in [-0.3, -0.25) is 0 Å². The van der Waals surface area contributed by atoms with Gasteiger partial charge in [-0.2, -0.15) is 0 Å². The second kappa shape index (κ2) is 16.3. The van der Waals surface area contributed by atoms with Crippen molar-refractivity contribution in [2.75, 3.05) is 33.5 Å². The summed E-state index contributed by atoms with van der Waals surface area (Å²) in [7, 11) is 1.31. The quantitative estimate of drug-likeness (QED) is 0.0967. The maximum absolute atomic E-state index is 11.1. The summed E-state index contributed by atoms with van der Waals surface area (Å²) < 4.78 is 45.5. The molecule has 4 aliphatic rings. The van der Waals surface area contributed by atoms with Crippen LogP contribution in [0.1, 0.15) is 6.92 Å². The van der Waals surface area contributed by atoms with Gasteiger partial charge in [-0.25, -0.2) is 0 Å². The Bertz CT molecular complexity index is 940. The van der Waals surface area contributed by atoms with Crippen molar-refractivity contribution in [2.24, 2.45) is 22.9 Å². The molecule has 0 aliphatic carbocycles. The van der Waals surface area contributed by atoms with Gasteiger partial charge in [0.15, 0.2) is 18.9 Å². The molecule has 0 aromatic heterocycles. The average Bonchev–Trinajstić information content (AvgIpc) is 3.05. The fraction of sp³-hybridized carbons (Fsp3) is 1.00. The van der Waals surface area contributed by atoms with Crippen LogP contribution in [0, 0.1) is 0 Å². The molecular weight excluding hydrogens is 624 g/mol. The molecule has 4 heterocycles. The van der Waals surface area contributed by atoms with Gasteiger partial charge in [0.25, 0.3) is 0 Å². The monoisotopic (exact) mass is 674 g/mol. The normalized spacial score (nSPS) is 52.0. The third-order valence-electron chi connectivity index (χ3n) is 9.06. The van der Waals surface area contributed by atoms with E-state index in [4.69, 9.17) is 60.8 Å². The highest BCUT2D eigenvalue weighted by atomic mass is 16.8. The van der Waals surface area contributed by atoms with E-state index in [1.807, 2.05) is 0 Å². The van der Waals surface area contributed by atoms with E-state index in [1.165, 1.54) is 7.11 Å². The Balaban J connectivity index is 1.43. The fourth-order valence-electron chi connectivity index (χ4n) is 6.20. The Hall–Kier alpha value is -0.800. The zero-order chi connectivity index (χ0) is 34.0. The predicted octanol–water partition coefficient (Wildman–Crippen LogP) is -8.16. The summed E-state index contributed by atoms with van der Waals surface area (Å²) in [6.45, 7) is -0.875. The predicted molar refractivity (Wildman–Crippen MR) is 150 cm³/mol. The maximum Gasteiger partial charge on any atom is 0.176 e. The summed E-state index contributed by atoms with van der Waals surface area (Å²) in [5.41, 5.74) is 24.5. The van der Waals surface area contributed by atoms with Crippen molar-refractivity contribution < 1.29 is 78.7 Å². The third-order valence-corrected chi connectivity index (χ3v) is 9.06. The first-order valence-corrected chi connectivity index (χ1v) is 15.1. The summed E-state index contributed by atoms with van der Waals surface area (Å²) in [6.07, 6.45) is -20.2. The highest BCUT2D eigenvalue weighted by Crippen LogP contribution is 2.33. The summed E-state index contributed by atoms with van der Waals surface area (Å²) >= 11 is 0. The van der Waals surface area contributed by atoms with E-state index in [2.05, 4.69) is 0 Å². The number of ether oxygens (including phenoxy) is 8. The zero-order valence-corrected chi connectivity index (χ0v) is 25.5. The van der Waals surface area contributed by atoms with Gasteiger partial charge in [0.05, 0.1) is 56.7 Å². The Labute approximate surface area is 264 Å². The molecule has 0 radical (unpaired) electrons. The SMILES string of the molecule is CO[C@@H]1C(CO)O[C@@H](O[C@@H]2C(CO)O[C@@H](O[C@@H]3C(CO)O[C@@H](O[C@@H]4C(CO)O[C@@H](C)C(N)[C@H]4O)C(N)[C@H]3O)C(N)[C@H]2O)C(N)[C@H]1O. The van der Waals surface area contributed by atoms with Gasteiger partial charge in [0.1, 0.15) is 73.2 Å². The zero-order valence-electron chi connectivity index (χ0n) is 25.5. The molecule has 16 N–H and O–H groups in total. The highest BCUT2D eigenvalue weighted by Gasteiger charge is 2.54. The van der Waals surface area contributed by atoms with E-state index in [0.29, 0.717) is 0 Å². The van der Waals surface area contributed by atoms with Gasteiger partial charge in [-0.15, -0.1) is 0 Å². The van der Waals surface area contributed by atoms with Gasteiger partial charge >= 0.3 is 0 Å². The van der Waals surface area contributed by atoms with E-state index in [1.54, 1.807) is 6.92 Å². The van der Waals surface area contributed by atoms with E-state index in [9.17, 15) is 40.9 Å². The van der Waals surface area contributed by atoms with Crippen molar-refractivity contribution >= 4 is 0 Å². The first kappa shape index (κ1) is 38.0. The van der Waals surface area contributed by atoms with Crippen molar-refractivity contribution in [3.63, 3.8) is 0 Å². The lowest BCUT2D eigenvalue weighted by Crippen LogP contribution is -2.70. The fourth-order valence-corrected chi connectivity index (χ4v) is 6.20. The average molecular weight is 675 g/mol. The Kier molecular flexibility index (Phi) is 13.4. The molecule has 4 fully saturated rings. The Morgan fingerprint density at radius 2 is 0.761 bits per heavy atom. The number of hydrogen-bond donors (Lipinski definition) is 12. The molecule has 0 amide bonds. The van der Waals surface area contributed by atoms with Gasteiger partial charge in [0.2, 0.25) is 0 Å². The van der Waals surface area contributed by atoms with Crippen molar-refractivity contribution in [1.29, 1.82) is 0 Å². The van der Waals surface area contributed by atoms with Gasteiger partial charge in [-0.05, 0) is 6.92 Å². The van der Waals surface area contributed by atoms with Crippen LogP contribution in [0.5, 0.6) is 0 Å². The van der Waals surface area contributed by atoms with Gasteiger partial charge in [-0.1, -0.05) is 0 Å². The molecule has 0 saturated carbocycles. The molecule has 20 heteroatoms. The van der Waals surface area contributed by atoms with Crippen LogP contribution in [-0.4, -0.2) is 197 Å². The topological polar surface area (TPSA) is 340 Å². The largest absolute Gasteiger partial charge is 0.394 e. The van der Waals surface area contributed by atoms with E-state index < -0.39 is 149 Å². The summed E-state index contributed by atoms with van der Waals surface area (Å²) in [4.78, 5) is 0. The van der Waals surface area contributed by atoms with Gasteiger partial charge < -0.3 is 102 Å². The molecule has 0 aromatic rings. The number of aliphatic hydroxyl groups is 8. The summed E-state index contributed by atoms with van der Waals surface area (Å²) in [5, 5.41) is 83.1. The molecule has 4 aliphatic heterocycles. The lowest BCUT2D eigenvalue weighted by Gasteiger charge is -2.49. The maximum atomic E-state index is 11.1. The lowest BCUT2D eigenvalue weighted by molar-refractivity contribution is -0.356. The number of aliphatic hydroxyl groups excluding tert-OH is 8. The Morgan fingerprint density at radius 3 is 1.09 bits per heavy atom. The third kappa shape index (κ3) is 7.51. The molecule has 46 heavy (non-hydrogen) atoms. The number of nitrogens with two attached hydrogens (primary N) is 4. The molecule has 0 bridgehead atoms. The molecule has 0 spiro atoms. The van der Waals surface area contributed by atoms with Crippen LogP contribution < -0.4 is 22.9 Å². The second-order valence-electron chi connectivity index (χ2n) is 12.0. The van der Waals surface area contributed by atoms with Crippen LogP contribution in [0.15, 0.2) is 0 Å². The lowest BCUT2D eigenvalue weighted by atomic mass is 9.93. The van der Waals surface area contributed by atoms with E-state index in [-0.39, 0.29) is 0 Å². The minimum atomic E-state index is -1.59. The standard InChI is InChI=1S/C26H50N4O16/c1-7-12(27)16(35)21(9(4-32)40-7)44-25-14(29)18(37)23(11(6-34)42-25)46-26-15(30)19(38)22(10(5-33)43-26)45-24-13(28)17(36)20(39-2)8(3-31)41-24/h7-26,31-38H,3-6,27-30H2,1-2H3/t7-,8?,9?,10?,11?,12?,13?,14?,15?,16+,17+,18+,19+,20+,21+,22+,23+,24-,25-,26-/m0/s1. The first-order chi connectivity index (χ1) is 21.8. The summed E-state index contributed by atoms with van der Waals surface area (Å²) in [5.74, 6) is 0. The van der Waals surface area contributed by atoms with Crippen molar-refractivity contribution in [3.8, 4) is 0 Å². The Morgan fingerprint density at radius 1 is 0.478 bits per heavy atom. The second-order valence-corrected chi connectivity index (χ2v) is 12.0. The minimum Gasteiger partial charge on any atom is -0.394 e. The van der Waals surface area contributed by atoms with Crippen LogP contribution in [0.2, 0.25) is 0 Å². The van der Waals surface area contributed by atoms with Crippen molar-refractivity contribution in [1.82, 2.24) is 0 Å². The van der Waals surface area contributed by atoms with Crippen LogP contribution in [0.25, 0.3) is 0 Å². The number of rotatable bonds is 11. The minimum absolute atomic E-state index is 0.524. The van der Waals surface area contributed by atoms with Crippen LogP contribution in [-0.2, 0) is 37.9 Å². The molecule has 20 atom stereocenters. The van der Waals surface area contributed by atoms with Gasteiger partial charge in [0, 0.05) is 7.11 Å². The molecule has 4 rings (SSSR count). The van der Waals surface area contributed by atoms with Crippen molar-refractivity contribution in [2.45, 2.75) is 129 Å². The molecular formula is C26H50N4O16. The van der Waals surface area contributed by atoms with E-state index >= 15 is 0 Å². The van der Waals surface area contributed by atoms with Crippen LogP contribution in [0.3, 0.4) is 0 Å². The molecule has 270 valence electrons. The molecule has 0 aromatic carbocycles. The van der Waals surface area contributed by atoms with Crippen molar-refractivity contribution in [3.05, 3.63) is 0 Å². The molecule has 4 saturated heterocycles. The van der Waals surface area contributed by atoms with Crippen LogP contribution in [0.4, 0.5) is 0 Å². The smallest absolute Gasteiger partial charge is 0.176 e. The number of methoxy groups -OCH3 is 1. The summed E-state index contributed by atoms with van der Waals surface area (Å²) in [6, 6.07) is -4.77. The molecule has 20 nitrogen and oxygen atoms in total. The number of hydrogen-bond acceptors (Lipinski definition) is 20.